The summed E-state index contributed by atoms with van der Waals surface area (Å²) in [4.78, 5) is 11.6. The average Bonchev–Trinajstić information content (AvgIpc) is 2.37. The topological polar surface area (TPSA) is 74.2 Å². The van der Waals surface area contributed by atoms with Crippen molar-refractivity contribution in [2.45, 2.75) is 39.3 Å². The van der Waals surface area contributed by atoms with E-state index in [0.29, 0.717) is 12.1 Å². The lowest BCUT2D eigenvalue weighted by atomic mass is 10.2. The van der Waals surface area contributed by atoms with Gasteiger partial charge in [-0.25, -0.2) is 4.79 Å². The fourth-order valence-corrected chi connectivity index (χ4v) is 2.06. The number of anilines is 1. The van der Waals surface area contributed by atoms with Gasteiger partial charge in [-0.3, -0.25) is 0 Å². The summed E-state index contributed by atoms with van der Waals surface area (Å²) in [6.07, 6.45) is -0.435. The van der Waals surface area contributed by atoms with Crippen molar-refractivity contribution in [3.05, 3.63) is 28.2 Å². The second kappa shape index (κ2) is 7.32. The van der Waals surface area contributed by atoms with E-state index in [-0.39, 0.29) is 6.04 Å². The largest absolute Gasteiger partial charge is 0.444 e. The Bertz CT molecular complexity index is 547. The van der Waals surface area contributed by atoms with Crippen molar-refractivity contribution in [3.8, 4) is 6.07 Å². The van der Waals surface area contributed by atoms with Gasteiger partial charge in [-0.1, -0.05) is 0 Å². The molecule has 0 saturated carbocycles. The van der Waals surface area contributed by atoms with Crippen molar-refractivity contribution in [2.24, 2.45) is 0 Å². The number of alkyl carbamates (subject to hydrolysis) is 1. The van der Waals surface area contributed by atoms with Crippen molar-refractivity contribution in [2.75, 3.05) is 11.9 Å². The molecule has 1 unspecified atom stereocenters. The third-order valence-corrected chi connectivity index (χ3v) is 3.11. The van der Waals surface area contributed by atoms with Crippen LogP contribution in [0, 0.1) is 11.3 Å². The van der Waals surface area contributed by atoms with Gasteiger partial charge in [-0.15, -0.1) is 0 Å². The number of halogens is 1. The average molecular weight is 354 g/mol. The first-order valence-electron chi connectivity index (χ1n) is 6.64. The summed E-state index contributed by atoms with van der Waals surface area (Å²) in [5.74, 6) is 0. The molecule has 0 fully saturated rings. The number of carbonyl (C=O) groups is 1. The van der Waals surface area contributed by atoms with Gasteiger partial charge in [-0.05, 0) is 61.8 Å². The van der Waals surface area contributed by atoms with E-state index in [9.17, 15) is 4.79 Å². The number of hydrogen-bond donors (Lipinski definition) is 2. The number of ether oxygens (including phenoxy) is 1. The van der Waals surface area contributed by atoms with Crippen molar-refractivity contribution in [1.29, 1.82) is 5.26 Å². The quantitative estimate of drug-likeness (QED) is 0.866. The highest BCUT2D eigenvalue weighted by atomic mass is 79.9. The van der Waals surface area contributed by atoms with Crippen LogP contribution in [-0.4, -0.2) is 24.3 Å². The van der Waals surface area contributed by atoms with Gasteiger partial charge in [-0.2, -0.15) is 5.26 Å². The summed E-state index contributed by atoms with van der Waals surface area (Å²) >= 11 is 3.41. The van der Waals surface area contributed by atoms with E-state index in [1.165, 1.54) is 0 Å². The number of nitrogens with one attached hydrogen (secondary N) is 2. The van der Waals surface area contributed by atoms with E-state index in [1.807, 2.05) is 33.8 Å². The Morgan fingerprint density at radius 1 is 1.48 bits per heavy atom. The van der Waals surface area contributed by atoms with Crippen molar-refractivity contribution in [3.63, 3.8) is 0 Å². The number of nitrogens with zero attached hydrogens (tertiary/aromatic N) is 1. The van der Waals surface area contributed by atoms with E-state index in [2.05, 4.69) is 32.6 Å². The molecule has 0 aromatic heterocycles. The maximum absolute atomic E-state index is 11.6. The summed E-state index contributed by atoms with van der Waals surface area (Å²) in [5.41, 5.74) is 0.955. The highest BCUT2D eigenvalue weighted by Gasteiger charge is 2.16. The monoisotopic (exact) mass is 353 g/mol. The van der Waals surface area contributed by atoms with E-state index >= 15 is 0 Å². The maximum atomic E-state index is 11.6. The molecule has 1 atom stereocenters. The Labute approximate surface area is 133 Å². The van der Waals surface area contributed by atoms with Crippen LogP contribution in [0.1, 0.15) is 33.3 Å². The van der Waals surface area contributed by atoms with Crippen LogP contribution >= 0.6 is 15.9 Å². The van der Waals surface area contributed by atoms with Crippen LogP contribution in [0.2, 0.25) is 0 Å². The van der Waals surface area contributed by atoms with Crippen LogP contribution in [0.25, 0.3) is 0 Å². The van der Waals surface area contributed by atoms with Crippen molar-refractivity contribution >= 4 is 27.7 Å². The summed E-state index contributed by atoms with van der Waals surface area (Å²) in [6.45, 7) is 7.84. The number of amides is 1. The van der Waals surface area contributed by atoms with Gasteiger partial charge in [0.2, 0.25) is 0 Å². The Kier molecular flexibility index (Phi) is 6.03. The zero-order chi connectivity index (χ0) is 16.0. The van der Waals surface area contributed by atoms with Crippen LogP contribution in [0.3, 0.4) is 0 Å². The predicted octanol–water partition coefficient (Wildman–Crippen LogP) is 3.65. The van der Waals surface area contributed by atoms with Gasteiger partial charge < -0.3 is 15.4 Å². The molecule has 6 heteroatoms. The molecule has 0 radical (unpaired) electrons. The van der Waals surface area contributed by atoms with E-state index < -0.39 is 11.7 Å². The SMILES string of the molecule is CC(CNC(=O)OC(C)(C)C)Nc1ccc(C#N)cc1Br. The fourth-order valence-electron chi connectivity index (χ4n) is 1.57. The molecule has 2 N–H and O–H groups in total. The molecule has 0 saturated heterocycles. The zero-order valence-electron chi connectivity index (χ0n) is 12.7. The van der Waals surface area contributed by atoms with Gasteiger partial charge in [0.1, 0.15) is 5.60 Å². The zero-order valence-corrected chi connectivity index (χ0v) is 14.2. The van der Waals surface area contributed by atoms with Crippen LogP contribution in [-0.2, 0) is 4.74 Å². The second-order valence-corrected chi connectivity index (χ2v) is 6.59. The van der Waals surface area contributed by atoms with Crippen LogP contribution in [0.15, 0.2) is 22.7 Å². The normalized spacial score (nSPS) is 12.2. The number of benzene rings is 1. The minimum Gasteiger partial charge on any atom is -0.444 e. The lowest BCUT2D eigenvalue weighted by molar-refractivity contribution is 0.0526. The van der Waals surface area contributed by atoms with Gasteiger partial charge >= 0.3 is 6.09 Å². The van der Waals surface area contributed by atoms with Crippen molar-refractivity contribution < 1.29 is 9.53 Å². The molecule has 1 amide bonds. The molecule has 5 nitrogen and oxygen atoms in total. The van der Waals surface area contributed by atoms with E-state index in [1.54, 1.807) is 12.1 Å². The van der Waals surface area contributed by atoms with Crippen LogP contribution in [0.5, 0.6) is 0 Å². The molecule has 114 valence electrons. The molecule has 0 bridgehead atoms. The van der Waals surface area contributed by atoms with Crippen LogP contribution < -0.4 is 10.6 Å². The standard InChI is InChI=1S/C15H20BrN3O2/c1-10(9-18-14(20)21-15(2,3)4)19-13-6-5-11(8-17)7-12(13)16/h5-7,10,19H,9H2,1-4H3,(H,18,20). The number of rotatable bonds is 4. The molecule has 1 aromatic rings. The number of nitriles is 1. The minimum atomic E-state index is -0.503. The smallest absolute Gasteiger partial charge is 0.407 e. The molecule has 0 heterocycles. The maximum Gasteiger partial charge on any atom is 0.407 e. The number of hydrogen-bond acceptors (Lipinski definition) is 4. The molecule has 0 spiro atoms. The molecule has 0 aliphatic carbocycles. The Balaban J connectivity index is 2.49. The third kappa shape index (κ3) is 6.50. The second-order valence-electron chi connectivity index (χ2n) is 5.73. The first-order chi connectivity index (χ1) is 9.71. The van der Waals surface area contributed by atoms with Crippen LogP contribution in [0.4, 0.5) is 10.5 Å². The summed E-state index contributed by atoms with van der Waals surface area (Å²) in [6, 6.07) is 7.40. The summed E-state index contributed by atoms with van der Waals surface area (Å²) in [5, 5.41) is 14.8. The van der Waals surface area contributed by atoms with Gasteiger partial charge in [0, 0.05) is 22.7 Å². The number of carbonyl (C=O) groups excluding carboxylic acids is 1. The Morgan fingerprint density at radius 2 is 2.14 bits per heavy atom. The molecule has 0 aliphatic rings. The van der Waals surface area contributed by atoms with Gasteiger partial charge in [0.05, 0.1) is 11.6 Å². The highest BCUT2D eigenvalue weighted by Crippen LogP contribution is 2.23. The molecule has 1 rings (SSSR count). The molecular weight excluding hydrogens is 334 g/mol. The summed E-state index contributed by atoms with van der Waals surface area (Å²) < 4.78 is 5.98. The Morgan fingerprint density at radius 3 is 2.67 bits per heavy atom. The first-order valence-corrected chi connectivity index (χ1v) is 7.43. The van der Waals surface area contributed by atoms with E-state index in [0.717, 1.165) is 10.2 Å². The molecule has 1 aromatic carbocycles. The molecule has 21 heavy (non-hydrogen) atoms. The predicted molar refractivity (Wildman–Crippen MR) is 86.2 cm³/mol. The third-order valence-electron chi connectivity index (χ3n) is 2.45. The molecular formula is C15H20BrN3O2. The van der Waals surface area contributed by atoms with Gasteiger partial charge in [0.15, 0.2) is 0 Å². The van der Waals surface area contributed by atoms with Gasteiger partial charge in [0.25, 0.3) is 0 Å². The minimum absolute atomic E-state index is 0.0155. The highest BCUT2D eigenvalue weighted by molar-refractivity contribution is 9.10. The van der Waals surface area contributed by atoms with Crippen molar-refractivity contribution in [1.82, 2.24) is 5.32 Å². The molecule has 0 aliphatic heterocycles. The van der Waals surface area contributed by atoms with E-state index in [4.69, 9.17) is 10.00 Å². The lowest BCUT2D eigenvalue weighted by Gasteiger charge is -2.21. The fraction of sp³-hybridized carbons (Fsp3) is 0.467. The summed E-state index contributed by atoms with van der Waals surface area (Å²) in [7, 11) is 0. The lowest BCUT2D eigenvalue weighted by Crippen LogP contribution is -2.38. The first kappa shape index (κ1) is 17.3. The Hall–Kier alpha value is -1.74.